The minimum atomic E-state index is -0.172. The Morgan fingerprint density at radius 2 is 2.35 bits per heavy atom. The van der Waals surface area contributed by atoms with Crippen LogP contribution in [0.5, 0.6) is 0 Å². The van der Waals surface area contributed by atoms with Crippen molar-refractivity contribution in [1.82, 2.24) is 15.1 Å². The molecule has 4 nitrogen and oxygen atoms in total. The van der Waals surface area contributed by atoms with Crippen molar-refractivity contribution in [2.75, 3.05) is 13.2 Å². The summed E-state index contributed by atoms with van der Waals surface area (Å²) in [5, 5.41) is 17.7. The van der Waals surface area contributed by atoms with Crippen molar-refractivity contribution in [1.29, 1.82) is 0 Å². The molecule has 1 unspecified atom stereocenters. The van der Waals surface area contributed by atoms with Gasteiger partial charge in [0.05, 0.1) is 24.4 Å². The van der Waals surface area contributed by atoms with E-state index < -0.39 is 0 Å². The highest BCUT2D eigenvalue weighted by atomic mass is 16.3. The number of aromatic nitrogens is 2. The fraction of sp³-hybridized carbons (Fsp3) is 0.769. The van der Waals surface area contributed by atoms with Gasteiger partial charge in [0.15, 0.2) is 0 Å². The molecule has 1 heterocycles. The van der Waals surface area contributed by atoms with Gasteiger partial charge in [-0.1, -0.05) is 6.92 Å². The van der Waals surface area contributed by atoms with Gasteiger partial charge in [-0.15, -0.1) is 0 Å². The maximum absolute atomic E-state index is 9.78. The van der Waals surface area contributed by atoms with Crippen molar-refractivity contribution in [2.45, 2.75) is 45.2 Å². The van der Waals surface area contributed by atoms with Crippen molar-refractivity contribution >= 4 is 0 Å². The van der Waals surface area contributed by atoms with E-state index in [1.54, 1.807) is 0 Å². The van der Waals surface area contributed by atoms with Crippen LogP contribution < -0.4 is 5.32 Å². The van der Waals surface area contributed by atoms with Gasteiger partial charge in [-0.25, -0.2) is 0 Å². The minimum absolute atomic E-state index is 0.172. The number of aryl methyl sites for hydroxylation is 1. The van der Waals surface area contributed by atoms with E-state index in [4.69, 9.17) is 0 Å². The van der Waals surface area contributed by atoms with E-state index in [1.165, 1.54) is 12.8 Å². The predicted octanol–water partition coefficient (Wildman–Crippen LogP) is 1.33. The summed E-state index contributed by atoms with van der Waals surface area (Å²) in [7, 11) is 0. The molecule has 0 spiro atoms. The van der Waals surface area contributed by atoms with Crippen LogP contribution in [0.3, 0.4) is 0 Å². The minimum Gasteiger partial charge on any atom is -0.394 e. The molecule has 0 saturated heterocycles. The van der Waals surface area contributed by atoms with Crippen LogP contribution in [0.1, 0.15) is 31.9 Å². The van der Waals surface area contributed by atoms with Crippen LogP contribution in [0.25, 0.3) is 0 Å². The van der Waals surface area contributed by atoms with E-state index in [0.717, 1.165) is 25.2 Å². The molecule has 0 radical (unpaired) electrons. The lowest BCUT2D eigenvalue weighted by Crippen LogP contribution is -2.54. The summed E-state index contributed by atoms with van der Waals surface area (Å²) in [6.45, 7) is 6.06. The summed E-state index contributed by atoms with van der Waals surface area (Å²) >= 11 is 0. The molecule has 1 aromatic heterocycles. The van der Waals surface area contributed by atoms with E-state index in [0.29, 0.717) is 5.92 Å². The number of rotatable bonds is 7. The highest BCUT2D eigenvalue weighted by Crippen LogP contribution is 2.40. The number of nitrogens with zero attached hydrogens (tertiary/aromatic N) is 2. The quantitative estimate of drug-likeness (QED) is 0.752. The standard InChI is InChI=1S/C13H23N3O/c1-3-7-14-13(10-17,12-4-5-12)9-16-8-6-11(2)15-16/h6,8,12,14,17H,3-5,7,9-10H2,1-2H3. The van der Waals surface area contributed by atoms with Gasteiger partial charge in [-0.3, -0.25) is 4.68 Å². The zero-order valence-electron chi connectivity index (χ0n) is 10.8. The Hall–Kier alpha value is -0.870. The number of hydrogen-bond donors (Lipinski definition) is 2. The Balaban J connectivity index is 2.08. The van der Waals surface area contributed by atoms with Crippen LogP contribution in [0.4, 0.5) is 0 Å². The molecule has 2 rings (SSSR count). The summed E-state index contributed by atoms with van der Waals surface area (Å²) in [5.74, 6) is 0.601. The van der Waals surface area contributed by atoms with Crippen LogP contribution in [-0.2, 0) is 6.54 Å². The molecule has 0 aliphatic heterocycles. The molecule has 2 N–H and O–H groups in total. The van der Waals surface area contributed by atoms with Crippen LogP contribution in [0.15, 0.2) is 12.3 Å². The number of nitrogens with one attached hydrogen (secondary N) is 1. The molecule has 1 aromatic rings. The van der Waals surface area contributed by atoms with Gasteiger partial charge >= 0.3 is 0 Å². The van der Waals surface area contributed by atoms with Crippen LogP contribution in [0.2, 0.25) is 0 Å². The van der Waals surface area contributed by atoms with Crippen molar-refractivity contribution in [2.24, 2.45) is 5.92 Å². The first kappa shape index (κ1) is 12.6. The van der Waals surface area contributed by atoms with Crippen LogP contribution in [-0.4, -0.2) is 33.6 Å². The SMILES string of the molecule is CCCNC(CO)(Cn1ccc(C)n1)C1CC1. The maximum Gasteiger partial charge on any atom is 0.0641 e. The normalized spacial score (nSPS) is 19.2. The molecule has 96 valence electrons. The van der Waals surface area contributed by atoms with Crippen LogP contribution >= 0.6 is 0 Å². The molecule has 0 aromatic carbocycles. The van der Waals surface area contributed by atoms with Gasteiger partial charge in [0.1, 0.15) is 0 Å². The van der Waals surface area contributed by atoms with E-state index in [-0.39, 0.29) is 12.1 Å². The summed E-state index contributed by atoms with van der Waals surface area (Å²) in [4.78, 5) is 0. The van der Waals surface area contributed by atoms with Crippen LogP contribution in [0, 0.1) is 12.8 Å². The van der Waals surface area contributed by atoms with Gasteiger partial charge in [-0.2, -0.15) is 5.10 Å². The van der Waals surface area contributed by atoms with Gasteiger partial charge in [0.25, 0.3) is 0 Å². The lowest BCUT2D eigenvalue weighted by molar-refractivity contribution is 0.118. The zero-order valence-corrected chi connectivity index (χ0v) is 10.8. The molecule has 1 saturated carbocycles. The molecule has 1 aliphatic carbocycles. The number of aliphatic hydroxyl groups excluding tert-OH is 1. The second kappa shape index (κ2) is 5.19. The Labute approximate surface area is 103 Å². The average molecular weight is 237 g/mol. The second-order valence-corrected chi connectivity index (χ2v) is 5.17. The first-order chi connectivity index (χ1) is 8.20. The lowest BCUT2D eigenvalue weighted by atomic mass is 9.94. The fourth-order valence-corrected chi connectivity index (χ4v) is 2.41. The third-order valence-electron chi connectivity index (χ3n) is 3.59. The van der Waals surface area contributed by atoms with Crippen molar-refractivity contribution in [3.63, 3.8) is 0 Å². The monoisotopic (exact) mass is 237 g/mol. The zero-order chi connectivity index (χ0) is 12.3. The number of aliphatic hydroxyl groups is 1. The van der Waals surface area contributed by atoms with Crippen molar-refractivity contribution < 1.29 is 5.11 Å². The molecule has 0 amide bonds. The highest BCUT2D eigenvalue weighted by molar-refractivity contribution is 5.03. The Kier molecular flexibility index (Phi) is 3.84. The Bertz CT molecular complexity index is 359. The molecular formula is C13H23N3O. The molecular weight excluding hydrogens is 214 g/mol. The topological polar surface area (TPSA) is 50.1 Å². The first-order valence-electron chi connectivity index (χ1n) is 6.56. The van der Waals surface area contributed by atoms with Gasteiger partial charge in [0, 0.05) is 6.20 Å². The van der Waals surface area contributed by atoms with E-state index in [9.17, 15) is 5.11 Å². The third kappa shape index (κ3) is 2.87. The molecule has 1 fully saturated rings. The summed E-state index contributed by atoms with van der Waals surface area (Å²) in [6.07, 6.45) is 5.53. The third-order valence-corrected chi connectivity index (χ3v) is 3.59. The van der Waals surface area contributed by atoms with E-state index in [2.05, 4.69) is 17.3 Å². The summed E-state index contributed by atoms with van der Waals surface area (Å²) in [6, 6.07) is 2.01. The molecule has 1 atom stereocenters. The van der Waals surface area contributed by atoms with Crippen molar-refractivity contribution in [3.05, 3.63) is 18.0 Å². The van der Waals surface area contributed by atoms with E-state index in [1.807, 2.05) is 23.9 Å². The number of hydrogen-bond acceptors (Lipinski definition) is 3. The Morgan fingerprint density at radius 1 is 1.59 bits per heavy atom. The second-order valence-electron chi connectivity index (χ2n) is 5.17. The molecule has 0 bridgehead atoms. The largest absolute Gasteiger partial charge is 0.394 e. The molecule has 1 aliphatic rings. The van der Waals surface area contributed by atoms with Crippen molar-refractivity contribution in [3.8, 4) is 0 Å². The first-order valence-corrected chi connectivity index (χ1v) is 6.56. The maximum atomic E-state index is 9.78. The van der Waals surface area contributed by atoms with Gasteiger partial charge in [-0.05, 0) is 44.7 Å². The summed E-state index contributed by atoms with van der Waals surface area (Å²) in [5.41, 5.74) is 0.859. The fourth-order valence-electron chi connectivity index (χ4n) is 2.41. The average Bonchev–Trinajstić information content (AvgIpc) is 3.10. The van der Waals surface area contributed by atoms with E-state index >= 15 is 0 Å². The van der Waals surface area contributed by atoms with Gasteiger partial charge < -0.3 is 10.4 Å². The Morgan fingerprint density at radius 3 is 2.82 bits per heavy atom. The lowest BCUT2D eigenvalue weighted by Gasteiger charge is -2.33. The molecule has 4 heteroatoms. The smallest absolute Gasteiger partial charge is 0.0641 e. The summed E-state index contributed by atoms with van der Waals surface area (Å²) < 4.78 is 1.95. The highest BCUT2D eigenvalue weighted by Gasteiger charge is 2.44. The molecule has 17 heavy (non-hydrogen) atoms. The van der Waals surface area contributed by atoms with Gasteiger partial charge in [0.2, 0.25) is 0 Å². The predicted molar refractivity (Wildman–Crippen MR) is 67.8 cm³/mol.